The van der Waals surface area contributed by atoms with Gasteiger partial charge in [0.05, 0.1) is 6.54 Å². The van der Waals surface area contributed by atoms with Crippen LogP contribution in [0.2, 0.25) is 0 Å². The largest absolute Gasteiger partial charge is 0.345 e. The average molecular weight is 352 g/mol. The van der Waals surface area contributed by atoms with Crippen LogP contribution >= 0.6 is 11.3 Å². The maximum Gasteiger partial charge on any atom is 0.252 e. The molecule has 0 radical (unpaired) electrons. The van der Waals surface area contributed by atoms with Crippen LogP contribution in [0, 0.1) is 13.8 Å². The van der Waals surface area contributed by atoms with Crippen LogP contribution in [0.25, 0.3) is 0 Å². The number of hydrogen-bond donors (Lipinski definition) is 0. The fraction of sp³-hybridized carbons (Fsp3) is 0.438. The molecular weight excluding hydrogens is 332 g/mol. The van der Waals surface area contributed by atoms with E-state index >= 15 is 0 Å². The zero-order valence-corrected chi connectivity index (χ0v) is 15.1. The lowest BCUT2D eigenvalue weighted by Crippen LogP contribution is -2.32. The van der Waals surface area contributed by atoms with Crippen molar-refractivity contribution < 1.29 is 13.2 Å². The zero-order chi connectivity index (χ0) is 16.8. The Kier molecular flexibility index (Phi) is 4.20. The molecule has 2 heterocycles. The Bertz CT molecular complexity index is 831. The molecule has 0 saturated heterocycles. The maximum atomic E-state index is 12.6. The lowest BCUT2D eigenvalue weighted by atomic mass is 10.1. The van der Waals surface area contributed by atoms with E-state index in [-0.39, 0.29) is 16.5 Å². The molecule has 7 heteroatoms. The van der Waals surface area contributed by atoms with Crippen LogP contribution in [0.3, 0.4) is 0 Å². The van der Waals surface area contributed by atoms with Crippen molar-refractivity contribution in [3.05, 3.63) is 40.5 Å². The number of aromatic nitrogens is 1. The summed E-state index contributed by atoms with van der Waals surface area (Å²) in [7, 11) is -2.14. The molecule has 1 aliphatic rings. The molecule has 1 fully saturated rings. The number of ketones is 1. The third-order valence-corrected chi connectivity index (χ3v) is 7.40. The molecule has 0 amide bonds. The van der Waals surface area contributed by atoms with E-state index in [9.17, 15) is 13.2 Å². The Morgan fingerprint density at radius 1 is 1.39 bits per heavy atom. The highest BCUT2D eigenvalue weighted by Gasteiger charge is 2.30. The summed E-state index contributed by atoms with van der Waals surface area (Å²) in [6.07, 6.45) is 2.30. The van der Waals surface area contributed by atoms with Gasteiger partial charge < -0.3 is 4.57 Å². The summed E-state index contributed by atoms with van der Waals surface area (Å²) in [4.78, 5) is 12.6. The van der Waals surface area contributed by atoms with Gasteiger partial charge in [-0.05, 0) is 44.2 Å². The van der Waals surface area contributed by atoms with E-state index in [0.717, 1.165) is 39.9 Å². The van der Waals surface area contributed by atoms with E-state index in [1.54, 1.807) is 17.5 Å². The Morgan fingerprint density at radius 2 is 2.09 bits per heavy atom. The van der Waals surface area contributed by atoms with E-state index in [1.165, 1.54) is 7.05 Å². The van der Waals surface area contributed by atoms with Crippen molar-refractivity contribution in [1.29, 1.82) is 0 Å². The first kappa shape index (κ1) is 16.4. The Morgan fingerprint density at radius 3 is 2.65 bits per heavy atom. The van der Waals surface area contributed by atoms with Gasteiger partial charge in [-0.3, -0.25) is 4.79 Å². The van der Waals surface area contributed by atoms with Crippen molar-refractivity contribution in [1.82, 2.24) is 8.87 Å². The maximum absolute atomic E-state index is 12.6. The van der Waals surface area contributed by atoms with E-state index < -0.39 is 10.0 Å². The number of carbonyl (C=O) groups excluding carboxylic acids is 1. The van der Waals surface area contributed by atoms with Gasteiger partial charge in [-0.2, -0.15) is 4.31 Å². The molecule has 0 bridgehead atoms. The SMILES string of the molecule is Cc1cc(C(=O)CN(C)S(=O)(=O)c2cccs2)c(C)n1C1CC1. The van der Waals surface area contributed by atoms with Crippen LogP contribution in [0.1, 0.15) is 40.6 Å². The molecular formula is C16H20N2O3S2. The summed E-state index contributed by atoms with van der Waals surface area (Å²) < 4.78 is 28.4. The average Bonchev–Trinajstić information content (AvgIpc) is 3.05. The van der Waals surface area contributed by atoms with Gasteiger partial charge in [0.1, 0.15) is 4.21 Å². The number of Topliss-reactive ketones (excluding diaryl/α,β-unsaturated/α-hetero) is 1. The first-order valence-corrected chi connectivity index (χ1v) is 9.86. The number of hydrogen-bond acceptors (Lipinski definition) is 4. The monoisotopic (exact) mass is 352 g/mol. The van der Waals surface area contributed by atoms with E-state index in [0.29, 0.717) is 11.6 Å². The molecule has 3 rings (SSSR count). The fourth-order valence-electron chi connectivity index (χ4n) is 2.89. The summed E-state index contributed by atoms with van der Waals surface area (Å²) >= 11 is 1.16. The molecule has 1 aliphatic carbocycles. The molecule has 2 aromatic heterocycles. The molecule has 5 nitrogen and oxygen atoms in total. The number of rotatable bonds is 6. The summed E-state index contributed by atoms with van der Waals surface area (Å²) in [6.45, 7) is 3.79. The highest BCUT2D eigenvalue weighted by atomic mass is 32.2. The highest BCUT2D eigenvalue weighted by molar-refractivity contribution is 7.91. The van der Waals surface area contributed by atoms with Gasteiger partial charge in [0.15, 0.2) is 5.78 Å². The van der Waals surface area contributed by atoms with Crippen molar-refractivity contribution in [2.24, 2.45) is 0 Å². The topological polar surface area (TPSA) is 59.4 Å². The minimum Gasteiger partial charge on any atom is -0.345 e. The second-order valence-corrected chi connectivity index (χ2v) is 9.22. The minimum atomic E-state index is -3.59. The van der Waals surface area contributed by atoms with Crippen molar-refractivity contribution in [3.63, 3.8) is 0 Å². The molecule has 0 aromatic carbocycles. The number of carbonyl (C=O) groups is 1. The number of likely N-dealkylation sites (N-methyl/N-ethyl adjacent to an activating group) is 1. The van der Waals surface area contributed by atoms with E-state index in [2.05, 4.69) is 4.57 Å². The van der Waals surface area contributed by atoms with Gasteiger partial charge in [0, 0.05) is 30.0 Å². The van der Waals surface area contributed by atoms with Gasteiger partial charge >= 0.3 is 0 Å². The Balaban J connectivity index is 1.81. The van der Waals surface area contributed by atoms with Gasteiger partial charge in [0.2, 0.25) is 0 Å². The van der Waals surface area contributed by atoms with Gasteiger partial charge in [-0.25, -0.2) is 8.42 Å². The number of aryl methyl sites for hydroxylation is 1. The molecule has 2 aromatic rings. The van der Waals surface area contributed by atoms with Crippen LogP contribution in [0.15, 0.2) is 27.8 Å². The third kappa shape index (κ3) is 3.00. The van der Waals surface area contributed by atoms with Crippen LogP contribution in [0.5, 0.6) is 0 Å². The van der Waals surface area contributed by atoms with Crippen molar-refractivity contribution in [3.8, 4) is 0 Å². The van der Waals surface area contributed by atoms with Crippen molar-refractivity contribution >= 4 is 27.1 Å². The molecule has 0 unspecified atom stereocenters. The second kappa shape index (κ2) is 5.89. The minimum absolute atomic E-state index is 0.144. The standard InChI is InChI=1S/C16H20N2O3S2/c1-11-9-14(12(2)18(11)13-6-7-13)15(19)10-17(3)23(20,21)16-5-4-8-22-16/h4-5,8-9,13H,6-7,10H2,1-3H3. The summed E-state index contributed by atoms with van der Waals surface area (Å²) in [6, 6.07) is 5.63. The summed E-state index contributed by atoms with van der Waals surface area (Å²) in [5, 5.41) is 1.71. The molecule has 23 heavy (non-hydrogen) atoms. The zero-order valence-electron chi connectivity index (χ0n) is 13.4. The molecule has 124 valence electrons. The number of nitrogens with zero attached hydrogens (tertiary/aromatic N) is 2. The molecule has 1 saturated carbocycles. The summed E-state index contributed by atoms with van der Waals surface area (Å²) in [5.74, 6) is -0.160. The predicted octanol–water partition coefficient (Wildman–Crippen LogP) is 3.00. The van der Waals surface area contributed by atoms with E-state index in [1.807, 2.05) is 19.9 Å². The van der Waals surface area contributed by atoms with Crippen molar-refractivity contribution in [2.45, 2.75) is 36.9 Å². The lowest BCUT2D eigenvalue weighted by Gasteiger charge is -2.15. The van der Waals surface area contributed by atoms with Crippen LogP contribution in [-0.4, -0.2) is 36.7 Å². The van der Waals surface area contributed by atoms with Gasteiger partial charge in [-0.1, -0.05) is 6.07 Å². The fourth-order valence-corrected chi connectivity index (χ4v) is 5.22. The molecule has 0 aliphatic heterocycles. The molecule has 0 spiro atoms. The third-order valence-electron chi connectivity index (χ3n) is 4.22. The van der Waals surface area contributed by atoms with Crippen LogP contribution in [-0.2, 0) is 10.0 Å². The van der Waals surface area contributed by atoms with Crippen LogP contribution in [0.4, 0.5) is 0 Å². The van der Waals surface area contributed by atoms with E-state index in [4.69, 9.17) is 0 Å². The van der Waals surface area contributed by atoms with Gasteiger partial charge in [-0.15, -0.1) is 11.3 Å². The number of sulfonamides is 1. The van der Waals surface area contributed by atoms with Crippen LogP contribution < -0.4 is 0 Å². The Labute approximate surface area is 140 Å². The molecule has 0 atom stereocenters. The van der Waals surface area contributed by atoms with Gasteiger partial charge in [0.25, 0.3) is 10.0 Å². The normalized spacial score (nSPS) is 15.3. The van der Waals surface area contributed by atoms with Crippen molar-refractivity contribution in [2.75, 3.05) is 13.6 Å². The molecule has 0 N–H and O–H groups in total. The smallest absolute Gasteiger partial charge is 0.252 e. The first-order chi connectivity index (χ1) is 10.8. The Hall–Kier alpha value is -1.44. The quantitative estimate of drug-likeness (QED) is 0.751. The number of thiophene rings is 1. The second-order valence-electron chi connectivity index (χ2n) is 6.00. The first-order valence-electron chi connectivity index (χ1n) is 7.54. The lowest BCUT2D eigenvalue weighted by molar-refractivity contribution is 0.0972. The summed E-state index contributed by atoms with van der Waals surface area (Å²) in [5.41, 5.74) is 2.64. The predicted molar refractivity (Wildman–Crippen MR) is 90.6 cm³/mol. The highest BCUT2D eigenvalue weighted by Crippen LogP contribution is 2.38.